The number of aromatic nitrogens is 2. The largest absolute Gasteiger partial charge is 0.495 e. The molecule has 1 unspecified atom stereocenters. The Morgan fingerprint density at radius 2 is 1.74 bits per heavy atom. The second-order valence-corrected chi connectivity index (χ2v) is 10.0. The summed E-state index contributed by atoms with van der Waals surface area (Å²) in [4.78, 5) is 45.7. The molecule has 1 atom stereocenters. The highest BCUT2D eigenvalue weighted by Crippen LogP contribution is 2.30. The van der Waals surface area contributed by atoms with Crippen LogP contribution in [-0.4, -0.2) is 38.9 Å². The van der Waals surface area contributed by atoms with Crippen molar-refractivity contribution in [3.8, 4) is 11.4 Å². The van der Waals surface area contributed by atoms with E-state index < -0.39 is 16.9 Å². The number of nitro benzene ring substituents is 1. The van der Waals surface area contributed by atoms with Gasteiger partial charge in [0.25, 0.3) is 17.2 Å². The average Bonchev–Trinajstić information content (AvgIpc) is 3.01. The predicted octanol–water partition coefficient (Wildman–Crippen LogP) is 6.06. The lowest BCUT2D eigenvalue weighted by Gasteiger charge is -2.31. The average molecular weight is 563 g/mol. The van der Waals surface area contributed by atoms with Gasteiger partial charge in [-0.15, -0.1) is 0 Å². The van der Waals surface area contributed by atoms with Crippen LogP contribution >= 0.6 is 0 Å². The van der Waals surface area contributed by atoms with Crippen molar-refractivity contribution in [2.75, 3.05) is 13.7 Å². The van der Waals surface area contributed by atoms with Crippen molar-refractivity contribution in [1.82, 2.24) is 14.5 Å². The molecule has 0 aliphatic rings. The number of rotatable bonds is 9. The van der Waals surface area contributed by atoms with E-state index in [1.807, 2.05) is 62.4 Å². The van der Waals surface area contributed by atoms with E-state index in [4.69, 9.17) is 9.72 Å². The van der Waals surface area contributed by atoms with Gasteiger partial charge in [-0.1, -0.05) is 54.6 Å². The molecule has 0 spiro atoms. The van der Waals surface area contributed by atoms with Crippen molar-refractivity contribution in [3.63, 3.8) is 0 Å². The number of fused-ring (bicyclic) bond motifs is 1. The van der Waals surface area contributed by atoms with Crippen LogP contribution in [0.15, 0.2) is 102 Å². The van der Waals surface area contributed by atoms with Crippen molar-refractivity contribution in [3.05, 3.63) is 140 Å². The van der Waals surface area contributed by atoms with Crippen LogP contribution in [0.3, 0.4) is 0 Å². The molecule has 0 fully saturated rings. The van der Waals surface area contributed by atoms with Gasteiger partial charge in [0.15, 0.2) is 0 Å². The van der Waals surface area contributed by atoms with Crippen LogP contribution in [0.5, 0.6) is 5.75 Å². The number of ether oxygens (including phenoxy) is 1. The van der Waals surface area contributed by atoms with Crippen LogP contribution < -0.4 is 10.3 Å². The zero-order chi connectivity index (χ0) is 29.8. The zero-order valence-corrected chi connectivity index (χ0v) is 23.6. The summed E-state index contributed by atoms with van der Waals surface area (Å²) in [5, 5.41) is 11.9. The van der Waals surface area contributed by atoms with E-state index in [2.05, 4.69) is 0 Å². The fraction of sp³-hybridized carbons (Fsp3) is 0.182. The Morgan fingerprint density at radius 1 is 1.00 bits per heavy atom. The summed E-state index contributed by atoms with van der Waals surface area (Å²) in [5.74, 6) is 0.413. The van der Waals surface area contributed by atoms with Gasteiger partial charge < -0.3 is 9.64 Å². The van der Waals surface area contributed by atoms with Crippen molar-refractivity contribution in [1.29, 1.82) is 0 Å². The number of aryl methyl sites for hydroxylation is 1. The third-order valence-electron chi connectivity index (χ3n) is 7.27. The Bertz CT molecular complexity index is 1830. The molecule has 1 aromatic heterocycles. The van der Waals surface area contributed by atoms with Gasteiger partial charge in [-0.05, 0) is 61.7 Å². The van der Waals surface area contributed by atoms with Gasteiger partial charge in [0.05, 0.1) is 34.7 Å². The molecule has 0 bridgehead atoms. The van der Waals surface area contributed by atoms with Gasteiger partial charge in [-0.25, -0.2) is 4.98 Å². The highest BCUT2D eigenvalue weighted by Gasteiger charge is 2.29. The maximum Gasteiger partial charge on any atom is 0.270 e. The van der Waals surface area contributed by atoms with E-state index in [0.717, 1.165) is 11.1 Å². The quantitative estimate of drug-likeness (QED) is 0.160. The Kier molecular flexibility index (Phi) is 8.10. The minimum atomic E-state index is -0.706. The molecule has 5 rings (SSSR count). The number of amides is 1. The van der Waals surface area contributed by atoms with Crippen molar-refractivity contribution in [2.45, 2.75) is 26.3 Å². The first-order valence-corrected chi connectivity index (χ1v) is 13.5. The normalized spacial score (nSPS) is 11.7. The fourth-order valence-corrected chi connectivity index (χ4v) is 5.06. The molecule has 0 aliphatic heterocycles. The third kappa shape index (κ3) is 5.62. The second kappa shape index (κ2) is 12.1. The Hall–Kier alpha value is -5.31. The molecular weight excluding hydrogens is 532 g/mol. The first-order chi connectivity index (χ1) is 20.3. The maximum absolute atomic E-state index is 14.1. The number of non-ortho nitro benzene ring substituents is 1. The molecule has 0 N–H and O–H groups in total. The minimum absolute atomic E-state index is 0.173. The molecule has 5 aromatic rings. The highest BCUT2D eigenvalue weighted by atomic mass is 16.6. The summed E-state index contributed by atoms with van der Waals surface area (Å²) in [6.45, 7) is 4.01. The SMILES string of the molecule is COc1ccc(C)cc1-n1c(C(C)N(CCc2ccccc2)C(=O)c2cccc([N+](=O)[O-])c2)nc2ccccc2c1=O. The molecule has 9 heteroatoms. The van der Waals surface area contributed by atoms with Gasteiger partial charge in [-0.3, -0.25) is 24.3 Å². The molecule has 1 heterocycles. The number of nitrogens with zero attached hydrogens (tertiary/aromatic N) is 4. The molecule has 42 heavy (non-hydrogen) atoms. The monoisotopic (exact) mass is 562 g/mol. The van der Waals surface area contributed by atoms with Gasteiger partial charge in [0.1, 0.15) is 11.6 Å². The molecule has 212 valence electrons. The van der Waals surface area contributed by atoms with E-state index in [1.165, 1.54) is 29.9 Å². The van der Waals surface area contributed by atoms with Crippen LogP contribution in [0.1, 0.15) is 40.3 Å². The Morgan fingerprint density at radius 3 is 2.48 bits per heavy atom. The van der Waals surface area contributed by atoms with E-state index >= 15 is 0 Å². The molecular formula is C33H30N4O5. The van der Waals surface area contributed by atoms with Crippen molar-refractivity contribution < 1.29 is 14.5 Å². The van der Waals surface area contributed by atoms with E-state index in [-0.39, 0.29) is 23.4 Å². The number of methoxy groups -OCH3 is 1. The number of carbonyl (C=O) groups is 1. The zero-order valence-electron chi connectivity index (χ0n) is 23.6. The molecule has 1 amide bonds. The number of para-hydroxylation sites is 1. The lowest BCUT2D eigenvalue weighted by Crippen LogP contribution is -2.38. The first kappa shape index (κ1) is 28.2. The standard InChI is InChI=1S/C33H30N4O5/c1-22-16-17-30(42-3)29(20-22)36-31(34-28-15-8-7-14-27(28)33(36)39)23(2)35(19-18-24-10-5-4-6-11-24)32(38)25-12-9-13-26(21-25)37(40)41/h4-17,20-21,23H,18-19H2,1-3H3. The number of carbonyl (C=O) groups excluding carboxylic acids is 1. The van der Waals surface area contributed by atoms with Gasteiger partial charge in [0, 0.05) is 24.2 Å². The fourth-order valence-electron chi connectivity index (χ4n) is 5.06. The maximum atomic E-state index is 14.1. The molecule has 0 aliphatic carbocycles. The topological polar surface area (TPSA) is 108 Å². The number of hydrogen-bond donors (Lipinski definition) is 0. The number of benzene rings is 4. The van der Waals surface area contributed by atoms with Crippen LogP contribution in [0.2, 0.25) is 0 Å². The van der Waals surface area contributed by atoms with Crippen molar-refractivity contribution in [2.24, 2.45) is 0 Å². The smallest absolute Gasteiger partial charge is 0.270 e. The number of hydrogen-bond acceptors (Lipinski definition) is 6. The summed E-state index contributed by atoms with van der Waals surface area (Å²) < 4.78 is 7.15. The summed E-state index contributed by atoms with van der Waals surface area (Å²) in [6.07, 6.45) is 0.525. The van der Waals surface area contributed by atoms with E-state index in [1.54, 1.807) is 35.2 Å². The number of nitro groups is 1. The van der Waals surface area contributed by atoms with Crippen LogP contribution in [0.4, 0.5) is 5.69 Å². The van der Waals surface area contributed by atoms with Gasteiger partial charge >= 0.3 is 0 Å². The Labute approximate surface area is 242 Å². The molecule has 9 nitrogen and oxygen atoms in total. The summed E-state index contributed by atoms with van der Waals surface area (Å²) in [5.41, 5.74) is 2.64. The third-order valence-corrected chi connectivity index (χ3v) is 7.27. The lowest BCUT2D eigenvalue weighted by molar-refractivity contribution is -0.384. The summed E-state index contributed by atoms with van der Waals surface area (Å²) in [6, 6.07) is 27.3. The van der Waals surface area contributed by atoms with Gasteiger partial charge in [0.2, 0.25) is 0 Å². The van der Waals surface area contributed by atoms with Crippen LogP contribution in [0, 0.1) is 17.0 Å². The molecule has 0 saturated heterocycles. The second-order valence-electron chi connectivity index (χ2n) is 10.0. The van der Waals surface area contributed by atoms with Crippen LogP contribution in [0.25, 0.3) is 16.6 Å². The minimum Gasteiger partial charge on any atom is -0.495 e. The first-order valence-electron chi connectivity index (χ1n) is 13.5. The summed E-state index contributed by atoms with van der Waals surface area (Å²) >= 11 is 0. The molecule has 0 radical (unpaired) electrons. The Balaban J connectivity index is 1.70. The predicted molar refractivity (Wildman–Crippen MR) is 161 cm³/mol. The van der Waals surface area contributed by atoms with E-state index in [0.29, 0.717) is 34.6 Å². The van der Waals surface area contributed by atoms with E-state index in [9.17, 15) is 19.7 Å². The van der Waals surface area contributed by atoms with Gasteiger partial charge in [-0.2, -0.15) is 0 Å². The molecule has 4 aromatic carbocycles. The summed E-state index contributed by atoms with van der Waals surface area (Å²) in [7, 11) is 1.54. The van der Waals surface area contributed by atoms with Crippen LogP contribution in [-0.2, 0) is 6.42 Å². The highest BCUT2D eigenvalue weighted by molar-refractivity contribution is 5.95. The van der Waals surface area contributed by atoms with Crippen molar-refractivity contribution >= 4 is 22.5 Å². The molecule has 0 saturated carbocycles. The lowest BCUT2D eigenvalue weighted by atomic mass is 10.1.